The third kappa shape index (κ3) is 3.71. The fraction of sp³-hybridized carbons (Fsp3) is 0.462. The van der Waals surface area contributed by atoms with E-state index in [1.54, 1.807) is 23.1 Å². The number of anilines is 1. The molecule has 0 aliphatic rings. The Morgan fingerprint density at radius 2 is 1.85 bits per heavy atom. The van der Waals surface area contributed by atoms with Crippen LogP contribution in [0, 0.1) is 0 Å². The van der Waals surface area contributed by atoms with Crippen molar-refractivity contribution in [2.75, 3.05) is 32.1 Å². The van der Waals surface area contributed by atoms with Gasteiger partial charge in [-0.25, -0.2) is 12.7 Å². The molecule has 0 spiro atoms. The quantitative estimate of drug-likeness (QED) is 0.819. The fourth-order valence-corrected chi connectivity index (χ4v) is 2.96. The smallest absolute Gasteiger partial charge is 0.323 e. The lowest BCUT2D eigenvalue weighted by Crippen LogP contribution is -2.33. The number of rotatable bonds is 7. The van der Waals surface area contributed by atoms with Crippen LogP contribution in [0.3, 0.4) is 0 Å². The highest BCUT2D eigenvalue weighted by Crippen LogP contribution is 2.26. The van der Waals surface area contributed by atoms with Crippen molar-refractivity contribution in [2.45, 2.75) is 18.2 Å². The summed E-state index contributed by atoms with van der Waals surface area (Å²) < 4.78 is 25.7. The van der Waals surface area contributed by atoms with Crippen LogP contribution in [0.4, 0.5) is 5.69 Å². The Bertz CT molecular complexity index is 569. The van der Waals surface area contributed by atoms with Gasteiger partial charge in [0.25, 0.3) is 0 Å². The number of aliphatic carboxylic acids is 1. The Balaban J connectivity index is 3.33. The van der Waals surface area contributed by atoms with Gasteiger partial charge in [-0.05, 0) is 18.6 Å². The second-order valence-electron chi connectivity index (χ2n) is 4.57. The lowest BCUT2D eigenvalue weighted by molar-refractivity contribution is -0.135. The molecule has 20 heavy (non-hydrogen) atoms. The van der Waals surface area contributed by atoms with Crippen LogP contribution in [-0.2, 0) is 14.8 Å². The number of carboxylic acids is 1. The Hall–Kier alpha value is -1.60. The number of hydrogen-bond acceptors (Lipinski definition) is 4. The normalized spacial score (nSPS) is 11.6. The second kappa shape index (κ2) is 6.71. The number of hydrogen-bond donors (Lipinski definition) is 1. The van der Waals surface area contributed by atoms with Crippen molar-refractivity contribution in [2.24, 2.45) is 0 Å². The number of sulfonamides is 1. The van der Waals surface area contributed by atoms with Crippen LogP contribution in [0.15, 0.2) is 29.2 Å². The maximum absolute atomic E-state index is 12.3. The molecule has 0 aromatic heterocycles. The predicted molar refractivity (Wildman–Crippen MR) is 77.5 cm³/mol. The molecule has 0 fully saturated rings. The van der Waals surface area contributed by atoms with E-state index in [0.717, 1.165) is 10.7 Å². The van der Waals surface area contributed by atoms with Crippen molar-refractivity contribution in [1.82, 2.24) is 4.31 Å². The molecule has 0 unspecified atom stereocenters. The zero-order valence-electron chi connectivity index (χ0n) is 11.9. The van der Waals surface area contributed by atoms with E-state index >= 15 is 0 Å². The molecule has 0 amide bonds. The fourth-order valence-electron chi connectivity index (χ4n) is 1.85. The van der Waals surface area contributed by atoms with Crippen molar-refractivity contribution in [3.05, 3.63) is 24.3 Å². The first-order valence-corrected chi connectivity index (χ1v) is 7.73. The van der Waals surface area contributed by atoms with Gasteiger partial charge in [0.2, 0.25) is 10.0 Å². The molecule has 1 rings (SSSR count). The minimum atomic E-state index is -3.61. The third-order valence-electron chi connectivity index (χ3n) is 2.78. The van der Waals surface area contributed by atoms with Crippen LogP contribution < -0.4 is 4.90 Å². The van der Waals surface area contributed by atoms with E-state index < -0.39 is 16.0 Å². The van der Waals surface area contributed by atoms with Crippen molar-refractivity contribution in [1.29, 1.82) is 0 Å². The molecule has 0 aliphatic carbocycles. The van der Waals surface area contributed by atoms with E-state index in [0.29, 0.717) is 12.2 Å². The summed E-state index contributed by atoms with van der Waals surface area (Å²) in [6.45, 7) is 2.16. The summed E-state index contributed by atoms with van der Waals surface area (Å²) >= 11 is 0. The average Bonchev–Trinajstić information content (AvgIpc) is 2.37. The standard InChI is InChI=1S/C13H20N2O4S/c1-4-9-15(10-13(16)17)11-7-5-6-8-12(11)20(18,19)14(2)3/h5-8H,4,9-10H2,1-3H3,(H,16,17). The zero-order valence-corrected chi connectivity index (χ0v) is 12.7. The Morgan fingerprint density at radius 1 is 1.25 bits per heavy atom. The Kier molecular flexibility index (Phi) is 5.52. The van der Waals surface area contributed by atoms with E-state index in [-0.39, 0.29) is 11.4 Å². The Labute approximate surface area is 119 Å². The van der Waals surface area contributed by atoms with Gasteiger partial charge in [0.15, 0.2) is 0 Å². The summed E-state index contributed by atoms with van der Waals surface area (Å²) in [4.78, 5) is 12.6. The molecular weight excluding hydrogens is 280 g/mol. The van der Waals surface area contributed by atoms with E-state index in [1.165, 1.54) is 20.2 Å². The zero-order chi connectivity index (χ0) is 15.3. The van der Waals surface area contributed by atoms with Gasteiger partial charge in [-0.15, -0.1) is 0 Å². The molecule has 0 saturated heterocycles. The molecular formula is C13H20N2O4S. The molecule has 0 radical (unpaired) electrons. The summed E-state index contributed by atoms with van der Waals surface area (Å²) in [5, 5.41) is 8.97. The van der Waals surface area contributed by atoms with Crippen LogP contribution in [0.1, 0.15) is 13.3 Å². The number of benzene rings is 1. The van der Waals surface area contributed by atoms with Gasteiger partial charge in [0, 0.05) is 20.6 Å². The molecule has 0 saturated carbocycles. The SMILES string of the molecule is CCCN(CC(=O)O)c1ccccc1S(=O)(=O)N(C)C. The first-order valence-electron chi connectivity index (χ1n) is 6.29. The molecule has 6 nitrogen and oxygen atoms in total. The monoisotopic (exact) mass is 300 g/mol. The number of carbonyl (C=O) groups is 1. The van der Waals surface area contributed by atoms with Crippen molar-refractivity contribution >= 4 is 21.7 Å². The minimum absolute atomic E-state index is 0.125. The number of nitrogens with zero attached hydrogens (tertiary/aromatic N) is 2. The maximum atomic E-state index is 12.3. The summed E-state index contributed by atoms with van der Waals surface area (Å²) in [5.41, 5.74) is 0.422. The molecule has 7 heteroatoms. The first kappa shape index (κ1) is 16.5. The summed E-state index contributed by atoms with van der Waals surface area (Å²) in [6.07, 6.45) is 0.726. The third-order valence-corrected chi connectivity index (χ3v) is 4.65. The largest absolute Gasteiger partial charge is 0.480 e. The second-order valence-corrected chi connectivity index (χ2v) is 6.69. The van der Waals surface area contributed by atoms with Gasteiger partial charge in [-0.1, -0.05) is 19.1 Å². The van der Waals surface area contributed by atoms with E-state index in [2.05, 4.69) is 0 Å². The topological polar surface area (TPSA) is 77.9 Å². The van der Waals surface area contributed by atoms with E-state index in [9.17, 15) is 13.2 Å². The molecule has 0 heterocycles. The van der Waals surface area contributed by atoms with Crippen molar-refractivity contribution in [3.8, 4) is 0 Å². The molecule has 1 N–H and O–H groups in total. The lowest BCUT2D eigenvalue weighted by Gasteiger charge is -2.25. The first-order chi connectivity index (χ1) is 9.30. The average molecular weight is 300 g/mol. The van der Waals surface area contributed by atoms with Gasteiger partial charge in [0.05, 0.1) is 5.69 Å². The molecule has 1 aromatic carbocycles. The summed E-state index contributed by atoms with van der Waals surface area (Å²) in [6, 6.07) is 6.46. The van der Waals surface area contributed by atoms with E-state index in [1.807, 2.05) is 6.92 Å². The lowest BCUT2D eigenvalue weighted by atomic mass is 10.2. The molecule has 1 aromatic rings. The van der Waals surface area contributed by atoms with E-state index in [4.69, 9.17) is 5.11 Å². The van der Waals surface area contributed by atoms with Gasteiger partial charge in [-0.2, -0.15) is 0 Å². The molecule has 0 aliphatic heterocycles. The van der Waals surface area contributed by atoms with Crippen LogP contribution >= 0.6 is 0 Å². The highest BCUT2D eigenvalue weighted by molar-refractivity contribution is 7.89. The Morgan fingerprint density at radius 3 is 2.35 bits per heavy atom. The van der Waals surface area contributed by atoms with Crippen molar-refractivity contribution in [3.63, 3.8) is 0 Å². The van der Waals surface area contributed by atoms with Gasteiger partial charge in [0.1, 0.15) is 11.4 Å². The number of carboxylic acid groups (broad SMARTS) is 1. The summed E-state index contributed by atoms with van der Waals surface area (Å²) in [7, 11) is -0.704. The van der Waals surface area contributed by atoms with Gasteiger partial charge in [-0.3, -0.25) is 4.79 Å². The highest BCUT2D eigenvalue weighted by atomic mass is 32.2. The minimum Gasteiger partial charge on any atom is -0.480 e. The van der Waals surface area contributed by atoms with Gasteiger partial charge < -0.3 is 10.0 Å². The van der Waals surface area contributed by atoms with Crippen LogP contribution in [-0.4, -0.2) is 51.0 Å². The van der Waals surface area contributed by atoms with Crippen LogP contribution in [0.5, 0.6) is 0 Å². The van der Waals surface area contributed by atoms with Crippen molar-refractivity contribution < 1.29 is 18.3 Å². The molecule has 0 atom stereocenters. The highest BCUT2D eigenvalue weighted by Gasteiger charge is 2.24. The number of para-hydroxylation sites is 1. The molecule has 0 bridgehead atoms. The summed E-state index contributed by atoms with van der Waals surface area (Å²) in [5.74, 6) is -0.990. The van der Waals surface area contributed by atoms with Gasteiger partial charge >= 0.3 is 5.97 Å². The molecule has 112 valence electrons. The van der Waals surface area contributed by atoms with Crippen LogP contribution in [0.25, 0.3) is 0 Å². The van der Waals surface area contributed by atoms with Crippen LogP contribution in [0.2, 0.25) is 0 Å². The maximum Gasteiger partial charge on any atom is 0.323 e. The predicted octanol–water partition coefficient (Wildman–Crippen LogP) is 1.24.